The zero-order valence-electron chi connectivity index (χ0n) is 11.9. The third-order valence-electron chi connectivity index (χ3n) is 4.37. The number of nitrogens with zero attached hydrogens (tertiary/aromatic N) is 1. The summed E-state index contributed by atoms with van der Waals surface area (Å²) in [7, 11) is 1.72. The molecule has 1 aliphatic heterocycles. The first-order valence-electron chi connectivity index (χ1n) is 7.30. The van der Waals surface area contributed by atoms with E-state index in [4.69, 9.17) is 4.74 Å². The van der Waals surface area contributed by atoms with Gasteiger partial charge in [0.1, 0.15) is 0 Å². The minimum absolute atomic E-state index is 0.0662. The smallest absolute Gasteiger partial charge is 0.234 e. The highest BCUT2D eigenvalue weighted by atomic mass is 16.5. The van der Waals surface area contributed by atoms with E-state index in [1.807, 2.05) is 4.90 Å². The van der Waals surface area contributed by atoms with Crippen molar-refractivity contribution in [2.75, 3.05) is 39.9 Å². The molecule has 2 N–H and O–H groups in total. The van der Waals surface area contributed by atoms with Crippen molar-refractivity contribution in [2.24, 2.45) is 5.41 Å². The summed E-state index contributed by atoms with van der Waals surface area (Å²) >= 11 is 0. The summed E-state index contributed by atoms with van der Waals surface area (Å²) in [5, 5.41) is 12.6. The molecular formula is C14H26N2O3. The van der Waals surface area contributed by atoms with Gasteiger partial charge in [-0.3, -0.25) is 9.69 Å². The maximum atomic E-state index is 11.9. The van der Waals surface area contributed by atoms with Crippen LogP contribution in [0.1, 0.15) is 32.1 Å². The molecule has 1 saturated carbocycles. The predicted molar refractivity (Wildman–Crippen MR) is 72.9 cm³/mol. The second-order valence-corrected chi connectivity index (χ2v) is 6.09. The van der Waals surface area contributed by atoms with Crippen LogP contribution in [0.25, 0.3) is 0 Å². The van der Waals surface area contributed by atoms with Crippen molar-refractivity contribution in [3.05, 3.63) is 0 Å². The molecule has 2 aliphatic rings. The van der Waals surface area contributed by atoms with Gasteiger partial charge in [0.15, 0.2) is 0 Å². The number of ether oxygens (including phenoxy) is 1. The van der Waals surface area contributed by atoms with Crippen molar-refractivity contribution < 1.29 is 14.6 Å². The average Bonchev–Trinajstić information content (AvgIpc) is 2.32. The maximum Gasteiger partial charge on any atom is 0.234 e. The number of hydrogen-bond donors (Lipinski definition) is 2. The van der Waals surface area contributed by atoms with Gasteiger partial charge in [0.2, 0.25) is 5.91 Å². The number of carbonyl (C=O) groups excluding carboxylic acids is 1. The Morgan fingerprint density at radius 3 is 2.84 bits per heavy atom. The number of aliphatic hydroxyl groups is 1. The quantitative estimate of drug-likeness (QED) is 0.732. The summed E-state index contributed by atoms with van der Waals surface area (Å²) in [6.07, 6.45) is 5.08. The Morgan fingerprint density at radius 2 is 2.26 bits per heavy atom. The first kappa shape index (κ1) is 14.8. The number of likely N-dealkylation sites (tertiary alicyclic amines) is 1. The summed E-state index contributed by atoms with van der Waals surface area (Å²) in [5.41, 5.74) is 0.172. The molecule has 1 aliphatic carbocycles. The summed E-state index contributed by atoms with van der Waals surface area (Å²) < 4.78 is 5.25. The fourth-order valence-electron chi connectivity index (χ4n) is 3.07. The summed E-state index contributed by atoms with van der Waals surface area (Å²) in [5.74, 6) is 0.0662. The first-order valence-corrected chi connectivity index (χ1v) is 7.30. The van der Waals surface area contributed by atoms with Gasteiger partial charge in [-0.25, -0.2) is 0 Å². The van der Waals surface area contributed by atoms with Gasteiger partial charge < -0.3 is 15.2 Å². The van der Waals surface area contributed by atoms with Crippen molar-refractivity contribution in [2.45, 2.75) is 38.2 Å². The summed E-state index contributed by atoms with van der Waals surface area (Å²) in [4.78, 5) is 14.0. The molecule has 0 aromatic rings. The molecule has 0 spiro atoms. The van der Waals surface area contributed by atoms with E-state index in [0.717, 1.165) is 45.4 Å². The Bertz CT molecular complexity index is 305. The number of β-amino-alcohol motifs (C(OH)–C–C–N with tert-alkyl or cyclic N) is 1. The van der Waals surface area contributed by atoms with Crippen molar-refractivity contribution in [1.29, 1.82) is 0 Å². The number of methoxy groups -OCH3 is 1. The minimum atomic E-state index is -0.270. The fraction of sp³-hybridized carbons (Fsp3) is 0.929. The normalized spacial score (nSPS) is 26.7. The zero-order valence-corrected chi connectivity index (χ0v) is 11.9. The Kier molecular flexibility index (Phi) is 5.19. The molecule has 0 aromatic carbocycles. The number of nitrogens with one attached hydrogen (secondary N) is 1. The number of carbonyl (C=O) groups is 1. The van der Waals surface area contributed by atoms with E-state index in [0.29, 0.717) is 13.1 Å². The number of rotatable bonds is 6. The van der Waals surface area contributed by atoms with E-state index in [1.165, 1.54) is 6.42 Å². The second kappa shape index (κ2) is 6.68. The highest BCUT2D eigenvalue weighted by molar-refractivity contribution is 5.78. The molecule has 1 atom stereocenters. The highest BCUT2D eigenvalue weighted by Crippen LogP contribution is 2.40. The average molecular weight is 270 g/mol. The van der Waals surface area contributed by atoms with E-state index in [-0.39, 0.29) is 17.4 Å². The van der Waals surface area contributed by atoms with Crippen molar-refractivity contribution >= 4 is 5.91 Å². The van der Waals surface area contributed by atoms with Crippen LogP contribution in [0.4, 0.5) is 0 Å². The molecule has 1 unspecified atom stereocenters. The van der Waals surface area contributed by atoms with Crippen molar-refractivity contribution in [3.8, 4) is 0 Å². The largest absolute Gasteiger partial charge is 0.392 e. The van der Waals surface area contributed by atoms with Crippen LogP contribution in [0.15, 0.2) is 0 Å². The van der Waals surface area contributed by atoms with Crippen molar-refractivity contribution in [1.82, 2.24) is 10.2 Å². The van der Waals surface area contributed by atoms with E-state index in [2.05, 4.69) is 5.32 Å². The van der Waals surface area contributed by atoms with Gasteiger partial charge in [-0.2, -0.15) is 0 Å². The van der Waals surface area contributed by atoms with Crippen LogP contribution < -0.4 is 5.32 Å². The van der Waals surface area contributed by atoms with Crippen LogP contribution in [-0.2, 0) is 9.53 Å². The summed E-state index contributed by atoms with van der Waals surface area (Å²) in [6, 6.07) is 0. The molecule has 110 valence electrons. The Morgan fingerprint density at radius 1 is 1.47 bits per heavy atom. The molecule has 19 heavy (non-hydrogen) atoms. The zero-order chi connectivity index (χ0) is 13.7. The third-order valence-corrected chi connectivity index (χ3v) is 4.37. The number of aliphatic hydroxyl groups excluding tert-OH is 1. The van der Waals surface area contributed by atoms with Gasteiger partial charge >= 0.3 is 0 Å². The Balaban J connectivity index is 1.69. The van der Waals surface area contributed by atoms with Crippen LogP contribution in [0.2, 0.25) is 0 Å². The monoisotopic (exact) mass is 270 g/mol. The second-order valence-electron chi connectivity index (χ2n) is 6.09. The molecule has 5 nitrogen and oxygen atoms in total. The molecule has 1 heterocycles. The Labute approximate surface area is 115 Å². The van der Waals surface area contributed by atoms with Crippen molar-refractivity contribution in [3.63, 3.8) is 0 Å². The first-order chi connectivity index (χ1) is 9.13. The molecule has 5 heteroatoms. The lowest BCUT2D eigenvalue weighted by molar-refractivity contribution is -0.124. The minimum Gasteiger partial charge on any atom is -0.392 e. The molecule has 0 radical (unpaired) electrons. The summed E-state index contributed by atoms with van der Waals surface area (Å²) in [6.45, 7) is 3.39. The van der Waals surface area contributed by atoms with E-state index < -0.39 is 0 Å². The van der Waals surface area contributed by atoms with Gasteiger partial charge in [0, 0.05) is 25.6 Å². The molecule has 2 rings (SSSR count). The third kappa shape index (κ3) is 4.16. The van der Waals surface area contributed by atoms with E-state index >= 15 is 0 Å². The van der Waals surface area contributed by atoms with Crippen LogP contribution in [0.3, 0.4) is 0 Å². The van der Waals surface area contributed by atoms with Gasteiger partial charge in [-0.15, -0.1) is 0 Å². The van der Waals surface area contributed by atoms with Gasteiger partial charge in [0.25, 0.3) is 0 Å². The highest BCUT2D eigenvalue weighted by Gasteiger charge is 2.37. The Hall–Kier alpha value is -0.650. The SMILES string of the molecule is COCC1(CNC(=O)CN2CCCC(O)C2)CCC1. The van der Waals surface area contributed by atoms with Crippen LogP contribution in [0.5, 0.6) is 0 Å². The van der Waals surface area contributed by atoms with E-state index in [9.17, 15) is 9.90 Å². The van der Waals surface area contributed by atoms with Crippen LogP contribution in [0, 0.1) is 5.41 Å². The molecular weight excluding hydrogens is 244 g/mol. The van der Waals surface area contributed by atoms with E-state index in [1.54, 1.807) is 7.11 Å². The topological polar surface area (TPSA) is 61.8 Å². The van der Waals surface area contributed by atoms with Gasteiger partial charge in [-0.05, 0) is 32.2 Å². The standard InChI is InChI=1S/C14H26N2O3/c1-19-11-14(5-3-6-14)10-15-13(18)9-16-7-2-4-12(17)8-16/h12,17H,2-11H2,1H3,(H,15,18). The maximum absolute atomic E-state index is 11.9. The lowest BCUT2D eigenvalue weighted by Gasteiger charge is -2.41. The number of amides is 1. The predicted octanol–water partition coefficient (Wildman–Crippen LogP) is 0.376. The molecule has 2 fully saturated rings. The molecule has 0 bridgehead atoms. The van der Waals surface area contributed by atoms with Gasteiger partial charge in [-0.1, -0.05) is 6.42 Å². The molecule has 0 aromatic heterocycles. The molecule has 1 amide bonds. The molecule has 1 saturated heterocycles. The van der Waals surface area contributed by atoms with Gasteiger partial charge in [0.05, 0.1) is 19.3 Å². The van der Waals surface area contributed by atoms with Crippen LogP contribution in [-0.4, -0.2) is 61.9 Å². The fourth-order valence-corrected chi connectivity index (χ4v) is 3.07. The number of hydrogen-bond acceptors (Lipinski definition) is 4. The lowest BCUT2D eigenvalue weighted by Crippen LogP contribution is -2.49. The number of piperidine rings is 1. The lowest BCUT2D eigenvalue weighted by atomic mass is 9.69. The van der Waals surface area contributed by atoms with Crippen LogP contribution >= 0.6 is 0 Å².